The van der Waals surface area contributed by atoms with Gasteiger partial charge in [-0.1, -0.05) is 25.2 Å². The monoisotopic (exact) mass is 267 g/mol. The maximum atomic E-state index is 12.1. The third-order valence-corrected chi connectivity index (χ3v) is 4.68. The van der Waals surface area contributed by atoms with Gasteiger partial charge < -0.3 is 11.1 Å². The normalized spacial score (nSPS) is 19.7. The third kappa shape index (κ3) is 3.02. The molecule has 1 aromatic heterocycles. The van der Waals surface area contributed by atoms with E-state index < -0.39 is 0 Å². The standard InChI is InChI=1S/C13H21N3OS/c1-8-10(18-12(14)15-8)11(17)16-9-4-6-13(2,3)7-5-9/h9H,4-7H2,1-3H3,(H2,14,15)(H,16,17). The van der Waals surface area contributed by atoms with Crippen molar-refractivity contribution < 1.29 is 4.79 Å². The summed E-state index contributed by atoms with van der Waals surface area (Å²) < 4.78 is 0. The molecule has 0 aliphatic heterocycles. The summed E-state index contributed by atoms with van der Waals surface area (Å²) in [5.74, 6) is -0.0218. The van der Waals surface area contributed by atoms with Gasteiger partial charge in [0, 0.05) is 6.04 Å². The molecule has 5 heteroatoms. The van der Waals surface area contributed by atoms with Crippen LogP contribution in [-0.2, 0) is 0 Å². The molecule has 1 heterocycles. The second-order valence-electron chi connectivity index (χ2n) is 5.88. The first kappa shape index (κ1) is 13.3. The van der Waals surface area contributed by atoms with Gasteiger partial charge in [-0.2, -0.15) is 0 Å². The minimum atomic E-state index is -0.0218. The molecule has 18 heavy (non-hydrogen) atoms. The molecular formula is C13H21N3OS. The van der Waals surface area contributed by atoms with E-state index in [9.17, 15) is 4.79 Å². The summed E-state index contributed by atoms with van der Waals surface area (Å²) in [7, 11) is 0. The molecule has 0 bridgehead atoms. The largest absolute Gasteiger partial charge is 0.375 e. The fraction of sp³-hybridized carbons (Fsp3) is 0.692. The Morgan fingerprint density at radius 2 is 2.06 bits per heavy atom. The average Bonchev–Trinajstić information content (AvgIpc) is 2.61. The number of amides is 1. The first-order valence-electron chi connectivity index (χ1n) is 6.41. The Hall–Kier alpha value is -1.10. The predicted octanol–water partition coefficient (Wildman–Crippen LogP) is 2.73. The number of hydrogen-bond donors (Lipinski definition) is 2. The van der Waals surface area contributed by atoms with E-state index in [0.717, 1.165) is 18.5 Å². The van der Waals surface area contributed by atoms with Crippen LogP contribution in [0.1, 0.15) is 54.9 Å². The fourth-order valence-corrected chi connectivity index (χ4v) is 3.16. The van der Waals surface area contributed by atoms with Crippen molar-refractivity contribution in [2.45, 2.75) is 52.5 Å². The van der Waals surface area contributed by atoms with Crippen LogP contribution in [0.5, 0.6) is 0 Å². The highest BCUT2D eigenvalue weighted by molar-refractivity contribution is 7.17. The highest BCUT2D eigenvalue weighted by atomic mass is 32.1. The zero-order valence-electron chi connectivity index (χ0n) is 11.2. The molecule has 100 valence electrons. The van der Waals surface area contributed by atoms with E-state index in [1.807, 2.05) is 6.92 Å². The molecule has 1 amide bonds. The Morgan fingerprint density at radius 1 is 1.44 bits per heavy atom. The molecule has 0 unspecified atom stereocenters. The van der Waals surface area contributed by atoms with Crippen LogP contribution in [0.25, 0.3) is 0 Å². The highest BCUT2D eigenvalue weighted by Gasteiger charge is 2.28. The second kappa shape index (κ2) is 4.88. The van der Waals surface area contributed by atoms with Gasteiger partial charge in [0.1, 0.15) is 4.88 Å². The van der Waals surface area contributed by atoms with Crippen molar-refractivity contribution in [1.29, 1.82) is 0 Å². The lowest BCUT2D eigenvalue weighted by Gasteiger charge is -2.34. The fourth-order valence-electron chi connectivity index (χ4n) is 2.42. The van der Waals surface area contributed by atoms with Crippen molar-refractivity contribution in [3.8, 4) is 0 Å². The summed E-state index contributed by atoms with van der Waals surface area (Å²) >= 11 is 1.27. The van der Waals surface area contributed by atoms with Crippen molar-refractivity contribution >= 4 is 22.4 Å². The molecule has 1 aliphatic carbocycles. The molecule has 0 saturated heterocycles. The van der Waals surface area contributed by atoms with Crippen molar-refractivity contribution in [3.63, 3.8) is 0 Å². The van der Waals surface area contributed by atoms with E-state index in [-0.39, 0.29) is 5.91 Å². The summed E-state index contributed by atoms with van der Waals surface area (Å²) in [5, 5.41) is 3.56. The number of nitrogens with zero attached hydrogens (tertiary/aromatic N) is 1. The van der Waals surface area contributed by atoms with Gasteiger partial charge in [-0.3, -0.25) is 4.79 Å². The van der Waals surface area contributed by atoms with Gasteiger partial charge in [-0.05, 0) is 38.0 Å². The van der Waals surface area contributed by atoms with Crippen LogP contribution in [-0.4, -0.2) is 16.9 Å². The molecule has 0 radical (unpaired) electrons. The third-order valence-electron chi connectivity index (χ3n) is 3.69. The van der Waals surface area contributed by atoms with Gasteiger partial charge in [0.2, 0.25) is 0 Å². The van der Waals surface area contributed by atoms with Gasteiger partial charge >= 0.3 is 0 Å². The van der Waals surface area contributed by atoms with Crippen molar-refractivity contribution in [3.05, 3.63) is 10.6 Å². The number of thiazole rings is 1. The Labute approximate surface area is 112 Å². The number of aromatic nitrogens is 1. The number of carbonyl (C=O) groups excluding carboxylic acids is 1. The average molecular weight is 267 g/mol. The van der Waals surface area contributed by atoms with Gasteiger partial charge in [0.05, 0.1) is 5.69 Å². The molecule has 1 aliphatic rings. The first-order chi connectivity index (χ1) is 8.37. The molecule has 0 spiro atoms. The molecule has 2 rings (SSSR count). The van der Waals surface area contributed by atoms with Gasteiger partial charge in [0.15, 0.2) is 5.13 Å². The number of carbonyl (C=O) groups is 1. The quantitative estimate of drug-likeness (QED) is 0.865. The summed E-state index contributed by atoms with van der Waals surface area (Å²) in [6, 6.07) is 0.299. The number of nitrogens with one attached hydrogen (secondary N) is 1. The van der Waals surface area contributed by atoms with Gasteiger partial charge in [0.25, 0.3) is 5.91 Å². The van der Waals surface area contributed by atoms with Crippen molar-refractivity contribution in [2.75, 3.05) is 5.73 Å². The van der Waals surface area contributed by atoms with E-state index in [0.29, 0.717) is 21.5 Å². The van der Waals surface area contributed by atoms with Gasteiger partial charge in [-0.15, -0.1) is 0 Å². The Morgan fingerprint density at radius 3 is 2.56 bits per heavy atom. The Kier molecular flexibility index (Phi) is 3.61. The number of nitrogens with two attached hydrogens (primary N) is 1. The van der Waals surface area contributed by atoms with E-state index in [1.54, 1.807) is 0 Å². The summed E-state index contributed by atoms with van der Waals surface area (Å²) in [4.78, 5) is 16.8. The van der Waals surface area contributed by atoms with Crippen LogP contribution in [0, 0.1) is 12.3 Å². The molecule has 4 nitrogen and oxygen atoms in total. The summed E-state index contributed by atoms with van der Waals surface area (Å²) in [6.07, 6.45) is 4.46. The van der Waals surface area contributed by atoms with Crippen LogP contribution < -0.4 is 11.1 Å². The predicted molar refractivity (Wildman–Crippen MR) is 74.8 cm³/mol. The van der Waals surface area contributed by atoms with Crippen LogP contribution in [0.3, 0.4) is 0 Å². The maximum absolute atomic E-state index is 12.1. The molecule has 0 atom stereocenters. The zero-order chi connectivity index (χ0) is 13.3. The Balaban J connectivity index is 1.95. The lowest BCUT2D eigenvalue weighted by Crippen LogP contribution is -2.39. The molecule has 1 fully saturated rings. The second-order valence-corrected chi connectivity index (χ2v) is 6.91. The summed E-state index contributed by atoms with van der Waals surface area (Å²) in [6.45, 7) is 6.41. The highest BCUT2D eigenvalue weighted by Crippen LogP contribution is 2.35. The van der Waals surface area contributed by atoms with Crippen LogP contribution in [0.15, 0.2) is 0 Å². The van der Waals surface area contributed by atoms with Crippen molar-refractivity contribution in [1.82, 2.24) is 10.3 Å². The number of rotatable bonds is 2. The van der Waals surface area contributed by atoms with Gasteiger partial charge in [-0.25, -0.2) is 4.98 Å². The van der Waals surface area contributed by atoms with E-state index in [4.69, 9.17) is 5.73 Å². The SMILES string of the molecule is Cc1nc(N)sc1C(=O)NC1CCC(C)(C)CC1. The molecule has 1 saturated carbocycles. The van der Waals surface area contributed by atoms with E-state index in [2.05, 4.69) is 24.1 Å². The summed E-state index contributed by atoms with van der Waals surface area (Å²) in [5.41, 5.74) is 6.76. The first-order valence-corrected chi connectivity index (χ1v) is 7.23. The number of aryl methyl sites for hydroxylation is 1. The minimum Gasteiger partial charge on any atom is -0.375 e. The molecule has 3 N–H and O–H groups in total. The number of nitrogen functional groups attached to an aromatic ring is 1. The van der Waals surface area contributed by atoms with Crippen molar-refractivity contribution in [2.24, 2.45) is 5.41 Å². The van der Waals surface area contributed by atoms with Crippen LogP contribution >= 0.6 is 11.3 Å². The molecular weight excluding hydrogens is 246 g/mol. The zero-order valence-corrected chi connectivity index (χ0v) is 12.1. The maximum Gasteiger partial charge on any atom is 0.263 e. The minimum absolute atomic E-state index is 0.0218. The number of hydrogen-bond acceptors (Lipinski definition) is 4. The smallest absolute Gasteiger partial charge is 0.263 e. The van der Waals surface area contributed by atoms with Crippen LogP contribution in [0.4, 0.5) is 5.13 Å². The Bertz CT molecular complexity index is 443. The lowest BCUT2D eigenvalue weighted by atomic mass is 9.75. The topological polar surface area (TPSA) is 68.0 Å². The molecule has 0 aromatic carbocycles. The van der Waals surface area contributed by atoms with E-state index in [1.165, 1.54) is 24.2 Å². The lowest BCUT2D eigenvalue weighted by molar-refractivity contribution is 0.0912. The molecule has 1 aromatic rings. The van der Waals surface area contributed by atoms with E-state index >= 15 is 0 Å². The number of anilines is 1. The van der Waals surface area contributed by atoms with Crippen LogP contribution in [0.2, 0.25) is 0 Å².